The average molecular weight is 354 g/mol. The van der Waals surface area contributed by atoms with Gasteiger partial charge in [0, 0.05) is 19.7 Å². The van der Waals surface area contributed by atoms with Gasteiger partial charge in [-0.1, -0.05) is 57.2 Å². The number of ether oxygens (including phenoxy) is 2. The van der Waals surface area contributed by atoms with Crippen LogP contribution in [0, 0.1) is 0 Å². The van der Waals surface area contributed by atoms with Gasteiger partial charge in [0.1, 0.15) is 12.4 Å². The number of rotatable bonds is 7. The zero-order valence-electron chi connectivity index (χ0n) is 16.3. The highest BCUT2D eigenvalue weighted by atomic mass is 16.5. The summed E-state index contributed by atoms with van der Waals surface area (Å²) in [5.41, 5.74) is 4.16. The molecule has 2 aromatic rings. The van der Waals surface area contributed by atoms with Crippen molar-refractivity contribution in [3.63, 3.8) is 0 Å². The van der Waals surface area contributed by atoms with Crippen molar-refractivity contribution in [2.75, 3.05) is 13.2 Å². The van der Waals surface area contributed by atoms with Gasteiger partial charge in [-0.2, -0.15) is 0 Å². The van der Waals surface area contributed by atoms with Crippen LogP contribution in [-0.4, -0.2) is 19.3 Å². The highest BCUT2D eigenvalue weighted by molar-refractivity contribution is 5.29. The Morgan fingerprint density at radius 1 is 0.962 bits per heavy atom. The van der Waals surface area contributed by atoms with Crippen LogP contribution in [-0.2, 0) is 23.2 Å². The second-order valence-electron chi connectivity index (χ2n) is 8.14. The van der Waals surface area contributed by atoms with E-state index < -0.39 is 0 Å². The summed E-state index contributed by atoms with van der Waals surface area (Å²) < 4.78 is 11.4. The minimum Gasteiger partial charge on any atom is -0.491 e. The smallest absolute Gasteiger partial charge is 0.119 e. The SMILES string of the molecule is CC(C)(C)c1ccc(CNCc2ccc(OCC3CCCO3)cc2)cc1. The third kappa shape index (κ3) is 5.58. The van der Waals surface area contributed by atoms with Crippen molar-refractivity contribution in [3.8, 4) is 5.75 Å². The normalized spacial score (nSPS) is 17.4. The largest absolute Gasteiger partial charge is 0.491 e. The maximum Gasteiger partial charge on any atom is 0.119 e. The lowest BCUT2D eigenvalue weighted by atomic mass is 9.87. The Hall–Kier alpha value is -1.84. The number of nitrogens with one attached hydrogen (secondary N) is 1. The van der Waals surface area contributed by atoms with Gasteiger partial charge >= 0.3 is 0 Å². The minimum absolute atomic E-state index is 0.208. The van der Waals surface area contributed by atoms with Crippen LogP contribution in [0.3, 0.4) is 0 Å². The summed E-state index contributed by atoms with van der Waals surface area (Å²) in [7, 11) is 0. The van der Waals surface area contributed by atoms with Crippen LogP contribution in [0.2, 0.25) is 0 Å². The van der Waals surface area contributed by atoms with E-state index in [1.54, 1.807) is 0 Å². The summed E-state index contributed by atoms with van der Waals surface area (Å²) in [5.74, 6) is 0.919. The predicted octanol–water partition coefficient (Wildman–Crippen LogP) is 4.83. The van der Waals surface area contributed by atoms with Crippen LogP contribution in [0.4, 0.5) is 0 Å². The maximum atomic E-state index is 5.81. The summed E-state index contributed by atoms with van der Waals surface area (Å²) in [6.45, 7) is 9.99. The fourth-order valence-electron chi connectivity index (χ4n) is 3.14. The third-order valence-electron chi connectivity index (χ3n) is 4.86. The van der Waals surface area contributed by atoms with Gasteiger partial charge in [-0.25, -0.2) is 0 Å². The first-order chi connectivity index (χ1) is 12.5. The molecule has 0 spiro atoms. The number of hydrogen-bond donors (Lipinski definition) is 1. The fraction of sp³-hybridized carbons (Fsp3) is 0.478. The molecule has 1 N–H and O–H groups in total. The van der Waals surface area contributed by atoms with Gasteiger partial charge in [-0.15, -0.1) is 0 Å². The van der Waals surface area contributed by atoms with E-state index >= 15 is 0 Å². The van der Waals surface area contributed by atoms with E-state index in [0.29, 0.717) is 6.61 Å². The Labute approximate surface area is 157 Å². The lowest BCUT2D eigenvalue weighted by Crippen LogP contribution is -2.16. The van der Waals surface area contributed by atoms with Crippen molar-refractivity contribution in [1.82, 2.24) is 5.32 Å². The minimum atomic E-state index is 0.208. The maximum absolute atomic E-state index is 5.81. The fourth-order valence-corrected chi connectivity index (χ4v) is 3.14. The monoisotopic (exact) mass is 353 g/mol. The van der Waals surface area contributed by atoms with Crippen molar-refractivity contribution in [3.05, 3.63) is 65.2 Å². The number of hydrogen-bond acceptors (Lipinski definition) is 3. The average Bonchev–Trinajstić information content (AvgIpc) is 3.14. The van der Waals surface area contributed by atoms with Crippen LogP contribution in [0.1, 0.15) is 50.3 Å². The van der Waals surface area contributed by atoms with Gasteiger partial charge in [0.15, 0.2) is 0 Å². The van der Waals surface area contributed by atoms with Crippen molar-refractivity contribution in [2.45, 2.75) is 58.2 Å². The lowest BCUT2D eigenvalue weighted by Gasteiger charge is -2.19. The van der Waals surface area contributed by atoms with E-state index in [1.165, 1.54) is 16.7 Å². The van der Waals surface area contributed by atoms with Crippen molar-refractivity contribution < 1.29 is 9.47 Å². The Balaban J connectivity index is 1.41. The Bertz CT molecular complexity index is 665. The van der Waals surface area contributed by atoms with Crippen molar-refractivity contribution >= 4 is 0 Å². The molecule has 0 aromatic heterocycles. The van der Waals surface area contributed by atoms with Crippen LogP contribution < -0.4 is 10.1 Å². The Morgan fingerprint density at radius 3 is 2.12 bits per heavy atom. The van der Waals surface area contributed by atoms with Gasteiger partial charge in [0.05, 0.1) is 6.10 Å². The molecule has 1 atom stereocenters. The van der Waals surface area contributed by atoms with Gasteiger partial charge in [0.2, 0.25) is 0 Å². The molecule has 1 heterocycles. The molecule has 0 bridgehead atoms. The van der Waals surface area contributed by atoms with E-state index in [4.69, 9.17) is 9.47 Å². The van der Waals surface area contributed by atoms with Gasteiger partial charge in [0.25, 0.3) is 0 Å². The summed E-state index contributed by atoms with van der Waals surface area (Å²) in [5, 5.41) is 3.51. The molecule has 1 unspecified atom stereocenters. The van der Waals surface area contributed by atoms with E-state index in [2.05, 4.69) is 62.5 Å². The first kappa shape index (κ1) is 18.9. The first-order valence-corrected chi connectivity index (χ1v) is 9.64. The molecule has 26 heavy (non-hydrogen) atoms. The zero-order chi connectivity index (χ0) is 18.4. The number of benzene rings is 2. The van der Waals surface area contributed by atoms with Crippen molar-refractivity contribution in [2.24, 2.45) is 0 Å². The second kappa shape index (κ2) is 8.70. The Kier molecular flexibility index (Phi) is 6.33. The van der Waals surface area contributed by atoms with Gasteiger partial charge < -0.3 is 14.8 Å². The molecule has 2 aromatic carbocycles. The highest BCUT2D eigenvalue weighted by Gasteiger charge is 2.16. The molecule has 0 radical (unpaired) electrons. The van der Waals surface area contributed by atoms with Crippen LogP contribution in [0.5, 0.6) is 5.75 Å². The zero-order valence-corrected chi connectivity index (χ0v) is 16.3. The molecule has 0 saturated carbocycles. The van der Waals surface area contributed by atoms with Crippen LogP contribution >= 0.6 is 0 Å². The molecule has 3 nitrogen and oxygen atoms in total. The first-order valence-electron chi connectivity index (χ1n) is 9.64. The molecular weight excluding hydrogens is 322 g/mol. The van der Waals surface area contributed by atoms with E-state index in [1.807, 2.05) is 12.1 Å². The molecule has 140 valence electrons. The van der Waals surface area contributed by atoms with Gasteiger partial charge in [-0.05, 0) is 47.1 Å². The lowest BCUT2D eigenvalue weighted by molar-refractivity contribution is 0.0679. The molecule has 3 heteroatoms. The second-order valence-corrected chi connectivity index (χ2v) is 8.14. The molecule has 1 aliphatic rings. The topological polar surface area (TPSA) is 30.5 Å². The van der Waals surface area contributed by atoms with E-state index in [-0.39, 0.29) is 11.5 Å². The van der Waals surface area contributed by atoms with E-state index in [0.717, 1.165) is 38.3 Å². The molecular formula is C23H31NO2. The molecule has 3 rings (SSSR count). The molecule has 1 fully saturated rings. The molecule has 0 amide bonds. The highest BCUT2D eigenvalue weighted by Crippen LogP contribution is 2.22. The molecule has 1 aliphatic heterocycles. The standard InChI is InChI=1S/C23H31NO2/c1-23(2,3)20-10-6-18(7-11-20)15-24-16-19-8-12-21(13-9-19)26-17-22-5-4-14-25-22/h6-13,22,24H,4-5,14-17H2,1-3H3. The third-order valence-corrected chi connectivity index (χ3v) is 4.86. The molecule has 0 aliphatic carbocycles. The summed E-state index contributed by atoms with van der Waals surface area (Å²) in [4.78, 5) is 0. The molecule has 1 saturated heterocycles. The van der Waals surface area contributed by atoms with Crippen molar-refractivity contribution in [1.29, 1.82) is 0 Å². The quantitative estimate of drug-likeness (QED) is 0.773. The van der Waals surface area contributed by atoms with E-state index in [9.17, 15) is 0 Å². The summed E-state index contributed by atoms with van der Waals surface area (Å²) in [6, 6.07) is 17.2. The Morgan fingerprint density at radius 2 is 1.58 bits per heavy atom. The van der Waals surface area contributed by atoms with Crippen LogP contribution in [0.25, 0.3) is 0 Å². The summed E-state index contributed by atoms with van der Waals surface area (Å²) in [6.07, 6.45) is 2.53. The van der Waals surface area contributed by atoms with Gasteiger partial charge in [-0.3, -0.25) is 0 Å². The predicted molar refractivity (Wildman–Crippen MR) is 107 cm³/mol. The van der Waals surface area contributed by atoms with Crippen LogP contribution in [0.15, 0.2) is 48.5 Å². The summed E-state index contributed by atoms with van der Waals surface area (Å²) >= 11 is 0.